The van der Waals surface area contributed by atoms with Crippen molar-refractivity contribution in [2.45, 2.75) is 18.4 Å². The van der Waals surface area contributed by atoms with Crippen LogP contribution in [0.3, 0.4) is 0 Å². The first-order valence-corrected chi connectivity index (χ1v) is 7.44. The number of aryl methyl sites for hydroxylation is 1. The van der Waals surface area contributed by atoms with Crippen LogP contribution in [0.4, 0.5) is 15.8 Å². The number of nitrogens with two attached hydrogens (primary N) is 1. The Bertz CT molecular complexity index is 732. The fraction of sp³-hybridized carbons (Fsp3) is 0.154. The molecule has 0 radical (unpaired) electrons. The lowest BCUT2D eigenvalue weighted by molar-refractivity contribution is 0.557. The predicted molar refractivity (Wildman–Crippen MR) is 75.2 cm³/mol. The van der Waals surface area contributed by atoms with E-state index in [1.54, 1.807) is 12.1 Å². The van der Waals surface area contributed by atoms with Crippen LogP contribution in [0.5, 0.6) is 0 Å². The molecule has 0 bridgehead atoms. The quantitative estimate of drug-likeness (QED) is 0.846. The van der Waals surface area contributed by atoms with Gasteiger partial charge in [-0.3, -0.25) is 4.72 Å². The number of benzene rings is 1. The second-order valence-electron chi connectivity index (χ2n) is 4.16. The van der Waals surface area contributed by atoms with Gasteiger partial charge in [0.15, 0.2) is 5.82 Å². The van der Waals surface area contributed by atoms with Crippen molar-refractivity contribution in [1.29, 1.82) is 0 Å². The van der Waals surface area contributed by atoms with Gasteiger partial charge in [-0.05, 0) is 36.2 Å². The summed E-state index contributed by atoms with van der Waals surface area (Å²) in [6, 6.07) is 7.16. The Hall–Kier alpha value is -2.15. The number of rotatable bonds is 4. The molecule has 0 atom stereocenters. The van der Waals surface area contributed by atoms with E-state index >= 15 is 0 Å². The summed E-state index contributed by atoms with van der Waals surface area (Å²) in [5.74, 6) is -0.904. The summed E-state index contributed by atoms with van der Waals surface area (Å²) in [6.07, 6.45) is 1.96. The van der Waals surface area contributed by atoms with Gasteiger partial charge in [0.05, 0.1) is 5.69 Å². The van der Waals surface area contributed by atoms with Crippen molar-refractivity contribution in [3.8, 4) is 0 Å². The van der Waals surface area contributed by atoms with Crippen LogP contribution in [-0.2, 0) is 16.4 Å². The van der Waals surface area contributed by atoms with Gasteiger partial charge in [0.25, 0.3) is 10.0 Å². The largest absolute Gasteiger partial charge is 0.398 e. The number of nitrogen functional groups attached to an aromatic ring is 1. The molecule has 2 rings (SSSR count). The second kappa shape index (κ2) is 5.46. The van der Waals surface area contributed by atoms with E-state index in [0.717, 1.165) is 18.1 Å². The number of pyridine rings is 1. The number of halogens is 1. The Morgan fingerprint density at radius 2 is 2.10 bits per heavy atom. The van der Waals surface area contributed by atoms with Crippen molar-refractivity contribution in [3.63, 3.8) is 0 Å². The minimum atomic E-state index is -4.07. The molecule has 0 unspecified atom stereocenters. The summed E-state index contributed by atoms with van der Waals surface area (Å²) in [6.45, 7) is 1.94. The molecule has 3 N–H and O–H groups in total. The molecule has 0 saturated heterocycles. The average molecular weight is 295 g/mol. The van der Waals surface area contributed by atoms with Gasteiger partial charge in [-0.15, -0.1) is 0 Å². The Labute approximate surface area is 116 Å². The van der Waals surface area contributed by atoms with E-state index in [4.69, 9.17) is 5.73 Å². The fourth-order valence-corrected chi connectivity index (χ4v) is 2.81. The Morgan fingerprint density at radius 1 is 1.35 bits per heavy atom. The first kappa shape index (κ1) is 14.3. The molecule has 0 aliphatic carbocycles. The number of hydrogen-bond acceptors (Lipinski definition) is 4. The molecule has 0 saturated carbocycles. The maximum atomic E-state index is 13.5. The summed E-state index contributed by atoms with van der Waals surface area (Å²) in [5, 5.41) is -0.641. The molecule has 5 nitrogen and oxygen atoms in total. The van der Waals surface area contributed by atoms with Crippen molar-refractivity contribution < 1.29 is 12.8 Å². The number of nitrogens with zero attached hydrogens (tertiary/aromatic N) is 1. The molecule has 1 heterocycles. The first-order valence-electron chi connectivity index (χ1n) is 5.96. The third kappa shape index (κ3) is 2.88. The van der Waals surface area contributed by atoms with Crippen LogP contribution >= 0.6 is 0 Å². The van der Waals surface area contributed by atoms with Gasteiger partial charge >= 0.3 is 0 Å². The van der Waals surface area contributed by atoms with Crippen LogP contribution in [0, 0.1) is 5.82 Å². The van der Waals surface area contributed by atoms with E-state index in [-0.39, 0.29) is 5.69 Å². The molecule has 0 spiro atoms. The maximum Gasteiger partial charge on any atom is 0.282 e. The summed E-state index contributed by atoms with van der Waals surface area (Å²) >= 11 is 0. The Balaban J connectivity index is 2.34. The van der Waals surface area contributed by atoms with Gasteiger partial charge in [-0.2, -0.15) is 8.42 Å². The third-order valence-electron chi connectivity index (χ3n) is 2.76. The molecule has 1 aromatic carbocycles. The van der Waals surface area contributed by atoms with Crippen LogP contribution in [-0.4, -0.2) is 13.4 Å². The number of anilines is 2. The highest BCUT2D eigenvalue weighted by Crippen LogP contribution is 2.21. The summed E-state index contributed by atoms with van der Waals surface area (Å²) in [7, 11) is -4.07. The van der Waals surface area contributed by atoms with Crippen molar-refractivity contribution in [2.24, 2.45) is 0 Å². The molecule has 0 amide bonds. The molecular weight excluding hydrogens is 281 g/mol. The SMILES string of the molecule is CCc1ccc(NS(=O)(=O)c2ncccc2F)cc1N. The van der Waals surface area contributed by atoms with Crippen LogP contribution in [0.25, 0.3) is 0 Å². The second-order valence-corrected chi connectivity index (χ2v) is 5.76. The van der Waals surface area contributed by atoms with Gasteiger partial charge in [0.1, 0.15) is 0 Å². The van der Waals surface area contributed by atoms with Crippen molar-refractivity contribution in [3.05, 3.63) is 47.9 Å². The minimum absolute atomic E-state index is 0.268. The van der Waals surface area contributed by atoms with Crippen molar-refractivity contribution >= 4 is 21.4 Å². The summed E-state index contributed by atoms with van der Waals surface area (Å²) in [5.41, 5.74) is 7.46. The highest BCUT2D eigenvalue weighted by molar-refractivity contribution is 7.92. The third-order valence-corrected chi connectivity index (χ3v) is 4.07. The molecule has 7 heteroatoms. The molecular formula is C13H14FN3O2S. The zero-order valence-electron chi connectivity index (χ0n) is 10.8. The summed E-state index contributed by atoms with van der Waals surface area (Å²) < 4.78 is 39.8. The topological polar surface area (TPSA) is 85.1 Å². The zero-order chi connectivity index (χ0) is 14.8. The van der Waals surface area contributed by atoms with Gasteiger partial charge in [0.2, 0.25) is 5.03 Å². The van der Waals surface area contributed by atoms with Crippen LogP contribution in [0.1, 0.15) is 12.5 Å². The molecule has 1 aromatic heterocycles. The zero-order valence-corrected chi connectivity index (χ0v) is 11.6. The monoisotopic (exact) mass is 295 g/mol. The molecule has 2 aromatic rings. The minimum Gasteiger partial charge on any atom is -0.398 e. The fourth-order valence-electron chi connectivity index (χ4n) is 1.75. The summed E-state index contributed by atoms with van der Waals surface area (Å²) in [4.78, 5) is 3.55. The standard InChI is InChI=1S/C13H14FN3O2S/c1-2-9-5-6-10(8-12(9)15)17-20(18,19)13-11(14)4-3-7-16-13/h3-8,17H,2,15H2,1H3. The smallest absolute Gasteiger partial charge is 0.282 e. The van der Waals surface area contributed by atoms with Gasteiger partial charge < -0.3 is 5.73 Å². The first-order chi connectivity index (χ1) is 9.44. The Kier molecular flexibility index (Phi) is 3.89. The molecule has 0 fully saturated rings. The highest BCUT2D eigenvalue weighted by Gasteiger charge is 2.20. The molecule has 106 valence electrons. The van der Waals surface area contributed by atoms with Gasteiger partial charge in [-0.25, -0.2) is 9.37 Å². The lowest BCUT2D eigenvalue weighted by Gasteiger charge is -2.10. The van der Waals surface area contributed by atoms with Crippen molar-refractivity contribution in [2.75, 3.05) is 10.5 Å². The highest BCUT2D eigenvalue weighted by atomic mass is 32.2. The number of aromatic nitrogens is 1. The number of nitrogens with one attached hydrogen (secondary N) is 1. The van der Waals surface area contributed by atoms with E-state index in [9.17, 15) is 12.8 Å². The van der Waals surface area contributed by atoms with Gasteiger partial charge in [-0.1, -0.05) is 13.0 Å². The van der Waals surface area contributed by atoms with Crippen LogP contribution < -0.4 is 10.5 Å². The van der Waals surface area contributed by atoms with Gasteiger partial charge in [0, 0.05) is 11.9 Å². The van der Waals surface area contributed by atoms with E-state index < -0.39 is 20.9 Å². The molecule has 20 heavy (non-hydrogen) atoms. The molecule has 0 aliphatic heterocycles. The van der Waals surface area contributed by atoms with E-state index in [1.165, 1.54) is 18.3 Å². The lowest BCUT2D eigenvalue weighted by atomic mass is 10.1. The van der Waals surface area contributed by atoms with E-state index in [0.29, 0.717) is 5.69 Å². The average Bonchev–Trinajstić information content (AvgIpc) is 2.38. The van der Waals surface area contributed by atoms with Crippen LogP contribution in [0.2, 0.25) is 0 Å². The van der Waals surface area contributed by atoms with E-state index in [2.05, 4.69) is 9.71 Å². The normalized spacial score (nSPS) is 11.3. The Morgan fingerprint density at radius 3 is 2.70 bits per heavy atom. The van der Waals surface area contributed by atoms with Crippen LogP contribution in [0.15, 0.2) is 41.6 Å². The van der Waals surface area contributed by atoms with Crippen molar-refractivity contribution in [1.82, 2.24) is 4.98 Å². The molecule has 0 aliphatic rings. The number of sulfonamides is 1. The number of hydrogen-bond donors (Lipinski definition) is 2. The van der Waals surface area contributed by atoms with E-state index in [1.807, 2.05) is 6.92 Å². The predicted octanol–water partition coefficient (Wildman–Crippen LogP) is 2.17. The lowest BCUT2D eigenvalue weighted by Crippen LogP contribution is -2.16. The maximum absolute atomic E-state index is 13.5.